The average Bonchev–Trinajstić information content (AvgIpc) is 2.62. The van der Waals surface area contributed by atoms with E-state index in [1.54, 1.807) is 12.1 Å². The normalized spacial score (nSPS) is 15.4. The van der Waals surface area contributed by atoms with Crippen LogP contribution in [-0.2, 0) is 16.0 Å². The fraction of sp³-hybridized carbons (Fsp3) is 0.600. The van der Waals surface area contributed by atoms with Gasteiger partial charge in [0.1, 0.15) is 5.82 Å². The molecule has 1 heterocycles. The SMILES string of the molecule is CCC(CC)C(=O)NC1CCN(C(=O)CCc2ccc(F)cc2)CC1. The lowest BCUT2D eigenvalue weighted by Gasteiger charge is -2.33. The van der Waals surface area contributed by atoms with Gasteiger partial charge in [-0.15, -0.1) is 0 Å². The maximum absolute atomic E-state index is 12.9. The second-order valence-corrected chi connectivity index (χ2v) is 6.80. The Morgan fingerprint density at radius 2 is 1.76 bits per heavy atom. The van der Waals surface area contributed by atoms with Crippen molar-refractivity contribution in [2.45, 2.75) is 58.4 Å². The molecule has 5 heteroatoms. The molecule has 4 nitrogen and oxygen atoms in total. The lowest BCUT2D eigenvalue weighted by Crippen LogP contribution is -2.47. The molecule has 0 saturated carbocycles. The molecule has 138 valence electrons. The molecule has 1 aliphatic heterocycles. The highest BCUT2D eigenvalue weighted by atomic mass is 19.1. The highest BCUT2D eigenvalue weighted by Gasteiger charge is 2.25. The highest BCUT2D eigenvalue weighted by molar-refractivity contribution is 5.79. The molecule has 0 unspecified atom stereocenters. The summed E-state index contributed by atoms with van der Waals surface area (Å²) in [4.78, 5) is 26.4. The first-order valence-corrected chi connectivity index (χ1v) is 9.36. The minimum Gasteiger partial charge on any atom is -0.353 e. The zero-order chi connectivity index (χ0) is 18.2. The molecule has 1 N–H and O–H groups in total. The standard InChI is InChI=1S/C20H29FN2O2/c1-3-16(4-2)20(25)22-18-11-13-23(14-12-18)19(24)10-7-15-5-8-17(21)9-6-15/h5-6,8-9,16,18H,3-4,7,10-14H2,1-2H3,(H,22,25). The Bertz CT molecular complexity index is 562. The fourth-order valence-corrected chi connectivity index (χ4v) is 3.31. The third kappa shape index (κ3) is 5.83. The van der Waals surface area contributed by atoms with E-state index >= 15 is 0 Å². The Balaban J connectivity index is 1.72. The molecule has 1 saturated heterocycles. The first-order chi connectivity index (χ1) is 12.0. The van der Waals surface area contributed by atoms with Crippen LogP contribution in [0.3, 0.4) is 0 Å². The summed E-state index contributed by atoms with van der Waals surface area (Å²) in [7, 11) is 0. The van der Waals surface area contributed by atoms with Crippen molar-refractivity contribution < 1.29 is 14.0 Å². The van der Waals surface area contributed by atoms with Crippen LogP contribution in [0.1, 0.15) is 51.5 Å². The lowest BCUT2D eigenvalue weighted by atomic mass is 9.99. The van der Waals surface area contributed by atoms with E-state index in [9.17, 15) is 14.0 Å². The molecular formula is C20H29FN2O2. The average molecular weight is 348 g/mol. The number of piperidine rings is 1. The van der Waals surface area contributed by atoms with Crippen LogP contribution in [0.4, 0.5) is 4.39 Å². The maximum Gasteiger partial charge on any atom is 0.223 e. The predicted octanol–water partition coefficient (Wildman–Crippen LogP) is 3.30. The fourth-order valence-electron chi connectivity index (χ4n) is 3.31. The van der Waals surface area contributed by atoms with Crippen molar-refractivity contribution in [3.63, 3.8) is 0 Å². The van der Waals surface area contributed by atoms with Gasteiger partial charge in [0, 0.05) is 31.5 Å². The Morgan fingerprint density at radius 3 is 2.32 bits per heavy atom. The molecule has 1 aliphatic rings. The molecular weight excluding hydrogens is 319 g/mol. The molecule has 1 aromatic carbocycles. The Labute approximate surface area is 149 Å². The second-order valence-electron chi connectivity index (χ2n) is 6.80. The van der Waals surface area contributed by atoms with Gasteiger partial charge in [-0.3, -0.25) is 9.59 Å². The van der Waals surface area contributed by atoms with Crippen LogP contribution in [-0.4, -0.2) is 35.8 Å². The zero-order valence-electron chi connectivity index (χ0n) is 15.3. The molecule has 0 radical (unpaired) electrons. The number of halogens is 1. The zero-order valence-corrected chi connectivity index (χ0v) is 15.3. The summed E-state index contributed by atoms with van der Waals surface area (Å²) in [5.41, 5.74) is 0.974. The van der Waals surface area contributed by atoms with Gasteiger partial charge in [0.2, 0.25) is 11.8 Å². The lowest BCUT2D eigenvalue weighted by molar-refractivity contribution is -0.132. The Morgan fingerprint density at radius 1 is 1.16 bits per heavy atom. The van der Waals surface area contributed by atoms with Crippen molar-refractivity contribution in [3.05, 3.63) is 35.6 Å². The number of hydrogen-bond acceptors (Lipinski definition) is 2. The van der Waals surface area contributed by atoms with E-state index in [-0.39, 0.29) is 29.6 Å². The van der Waals surface area contributed by atoms with Crippen LogP contribution in [0.25, 0.3) is 0 Å². The van der Waals surface area contributed by atoms with Gasteiger partial charge in [-0.1, -0.05) is 26.0 Å². The van der Waals surface area contributed by atoms with Crippen molar-refractivity contribution in [1.82, 2.24) is 10.2 Å². The molecule has 1 fully saturated rings. The van der Waals surface area contributed by atoms with Crippen molar-refractivity contribution in [1.29, 1.82) is 0 Å². The number of carbonyl (C=O) groups is 2. The molecule has 0 bridgehead atoms. The van der Waals surface area contributed by atoms with E-state index in [0.29, 0.717) is 25.9 Å². The smallest absolute Gasteiger partial charge is 0.223 e. The number of aryl methyl sites for hydroxylation is 1. The third-order valence-corrected chi connectivity index (χ3v) is 5.09. The molecule has 0 aromatic heterocycles. The summed E-state index contributed by atoms with van der Waals surface area (Å²) in [6.45, 7) is 5.46. The number of likely N-dealkylation sites (tertiary alicyclic amines) is 1. The number of hydrogen-bond donors (Lipinski definition) is 1. The summed E-state index contributed by atoms with van der Waals surface area (Å²) < 4.78 is 12.9. The first-order valence-electron chi connectivity index (χ1n) is 9.36. The third-order valence-electron chi connectivity index (χ3n) is 5.09. The van der Waals surface area contributed by atoms with Gasteiger partial charge in [-0.2, -0.15) is 0 Å². The van der Waals surface area contributed by atoms with Crippen molar-refractivity contribution in [3.8, 4) is 0 Å². The van der Waals surface area contributed by atoms with Crippen LogP contribution >= 0.6 is 0 Å². The molecule has 0 atom stereocenters. The van der Waals surface area contributed by atoms with Crippen molar-refractivity contribution in [2.24, 2.45) is 5.92 Å². The number of nitrogens with one attached hydrogen (secondary N) is 1. The van der Waals surface area contributed by atoms with Gasteiger partial charge in [0.05, 0.1) is 0 Å². The number of rotatable bonds is 7. The van der Waals surface area contributed by atoms with Crippen molar-refractivity contribution >= 4 is 11.8 Å². The monoisotopic (exact) mass is 348 g/mol. The van der Waals surface area contributed by atoms with Gasteiger partial charge >= 0.3 is 0 Å². The highest BCUT2D eigenvalue weighted by Crippen LogP contribution is 2.15. The van der Waals surface area contributed by atoms with Gasteiger partial charge in [-0.25, -0.2) is 4.39 Å². The van der Waals surface area contributed by atoms with E-state index < -0.39 is 0 Å². The Kier molecular flexibility index (Phi) is 7.41. The van der Waals surface area contributed by atoms with E-state index in [4.69, 9.17) is 0 Å². The minimum absolute atomic E-state index is 0.0929. The molecule has 0 spiro atoms. The maximum atomic E-state index is 12.9. The topological polar surface area (TPSA) is 49.4 Å². The number of amides is 2. The van der Waals surface area contributed by atoms with Crippen molar-refractivity contribution in [2.75, 3.05) is 13.1 Å². The summed E-state index contributed by atoms with van der Waals surface area (Å²) in [6, 6.07) is 6.47. The summed E-state index contributed by atoms with van der Waals surface area (Å²) >= 11 is 0. The molecule has 2 amide bonds. The summed E-state index contributed by atoms with van der Waals surface area (Å²) in [5.74, 6) is 0.114. The Hall–Kier alpha value is -1.91. The van der Waals surface area contributed by atoms with E-state index in [2.05, 4.69) is 5.32 Å². The van der Waals surface area contributed by atoms with E-state index in [1.807, 2.05) is 18.7 Å². The summed E-state index contributed by atoms with van der Waals surface area (Å²) in [6.07, 6.45) is 4.43. The predicted molar refractivity (Wildman–Crippen MR) is 96.5 cm³/mol. The molecule has 0 aliphatic carbocycles. The van der Waals surface area contributed by atoms with Crippen LogP contribution in [0, 0.1) is 11.7 Å². The van der Waals surface area contributed by atoms with E-state index in [1.165, 1.54) is 12.1 Å². The first kappa shape index (κ1) is 19.4. The molecule has 1 aromatic rings. The van der Waals surface area contributed by atoms with Gasteiger partial charge in [0.15, 0.2) is 0 Å². The van der Waals surface area contributed by atoms with Gasteiger partial charge < -0.3 is 10.2 Å². The summed E-state index contributed by atoms with van der Waals surface area (Å²) in [5, 5.41) is 3.13. The number of carbonyl (C=O) groups excluding carboxylic acids is 2. The van der Waals surface area contributed by atoms with Crippen LogP contribution in [0.2, 0.25) is 0 Å². The van der Waals surface area contributed by atoms with Gasteiger partial charge in [-0.05, 0) is 49.8 Å². The van der Waals surface area contributed by atoms with E-state index in [0.717, 1.165) is 31.2 Å². The van der Waals surface area contributed by atoms with Gasteiger partial charge in [0.25, 0.3) is 0 Å². The quantitative estimate of drug-likeness (QED) is 0.822. The minimum atomic E-state index is -0.257. The molecule has 25 heavy (non-hydrogen) atoms. The largest absolute Gasteiger partial charge is 0.353 e. The molecule has 2 rings (SSSR count). The second kappa shape index (κ2) is 9.54. The number of nitrogens with zero attached hydrogens (tertiary/aromatic N) is 1. The van der Waals surface area contributed by atoms with Crippen LogP contribution in [0.15, 0.2) is 24.3 Å². The van der Waals surface area contributed by atoms with Crippen LogP contribution < -0.4 is 5.32 Å². The number of benzene rings is 1. The van der Waals surface area contributed by atoms with Crippen LogP contribution in [0.5, 0.6) is 0 Å².